The summed E-state index contributed by atoms with van der Waals surface area (Å²) in [6.45, 7) is 2.19. The molecule has 0 aliphatic heterocycles. The fourth-order valence-corrected chi connectivity index (χ4v) is 12.3. The lowest BCUT2D eigenvalue weighted by Crippen LogP contribution is -1.97. The van der Waals surface area contributed by atoms with Crippen LogP contribution in [0.4, 0.5) is 0 Å². The standard InChI is InChI=1S/C42H28.C35H24/c1-5-17-29(18-6-1)37-33-25-13-14-26-34(33)39(31-21-9-3-10-22-31)42-40(32-23-11-4-12-24-32)36-28-16-15-27-35(36)38(41(37)42)30-19-7-2-8-20-30;1-23-14-19-32-33(20-23)35(29-18-16-25-9-3-5-11-27(25)22-29)31-13-7-6-12-30(31)34(32)28-17-15-24-8-2-4-10-26(24)21-28/h1-28H;2-22H,1H3. The van der Waals surface area contributed by atoms with Crippen LogP contribution in [0.25, 0.3) is 142 Å². The summed E-state index contributed by atoms with van der Waals surface area (Å²) in [5.41, 5.74) is 16.5. The Hall–Kier alpha value is -9.88. The predicted octanol–water partition coefficient (Wildman–Crippen LogP) is 21.8. The smallest absolute Gasteiger partial charge is 0.000139 e. The van der Waals surface area contributed by atoms with Crippen LogP contribution in [0.1, 0.15) is 5.56 Å². The van der Waals surface area contributed by atoms with Gasteiger partial charge in [0.25, 0.3) is 0 Å². The molecule has 0 bridgehead atoms. The molecule has 15 aromatic carbocycles. The highest BCUT2D eigenvalue weighted by molar-refractivity contribution is 6.34. The van der Waals surface area contributed by atoms with Gasteiger partial charge in [0.2, 0.25) is 0 Å². The molecule has 0 N–H and O–H groups in total. The zero-order valence-electron chi connectivity index (χ0n) is 42.8. The van der Waals surface area contributed by atoms with Crippen LogP contribution in [0.5, 0.6) is 0 Å². The summed E-state index contributed by atoms with van der Waals surface area (Å²) in [4.78, 5) is 0. The maximum Gasteiger partial charge on any atom is -0.000139 e. The Morgan fingerprint density at radius 3 is 0.792 bits per heavy atom. The van der Waals surface area contributed by atoms with E-state index in [9.17, 15) is 0 Å². The number of benzene rings is 15. The van der Waals surface area contributed by atoms with Gasteiger partial charge in [-0.15, -0.1) is 0 Å². The van der Waals surface area contributed by atoms with E-state index in [0.29, 0.717) is 0 Å². The molecule has 0 aliphatic carbocycles. The summed E-state index contributed by atoms with van der Waals surface area (Å²) in [7, 11) is 0. The van der Waals surface area contributed by atoms with E-state index in [1.165, 1.54) is 148 Å². The zero-order valence-corrected chi connectivity index (χ0v) is 42.8. The van der Waals surface area contributed by atoms with Crippen LogP contribution in [0.2, 0.25) is 0 Å². The first-order valence-electron chi connectivity index (χ1n) is 26.7. The highest BCUT2D eigenvalue weighted by Gasteiger charge is 2.26. The molecule has 0 heteroatoms. The largest absolute Gasteiger partial charge is 0.0622 e. The van der Waals surface area contributed by atoms with Crippen molar-refractivity contribution in [3.05, 3.63) is 303 Å². The minimum absolute atomic E-state index is 1.23. The molecule has 0 fully saturated rings. The molecule has 0 amide bonds. The lowest BCUT2D eigenvalue weighted by Gasteiger charge is -2.25. The summed E-state index contributed by atoms with van der Waals surface area (Å²) in [5.74, 6) is 0. The van der Waals surface area contributed by atoms with E-state index in [1.807, 2.05) is 0 Å². The minimum atomic E-state index is 1.23. The second-order valence-electron chi connectivity index (χ2n) is 20.3. The quantitative estimate of drug-likeness (QED) is 0.146. The average Bonchev–Trinajstić information content (AvgIpc) is 3.65. The molecule has 0 nitrogen and oxygen atoms in total. The molecule has 77 heavy (non-hydrogen) atoms. The van der Waals surface area contributed by atoms with E-state index >= 15 is 0 Å². The van der Waals surface area contributed by atoms with E-state index in [-0.39, 0.29) is 0 Å². The van der Waals surface area contributed by atoms with Crippen molar-refractivity contribution in [3.8, 4) is 66.8 Å². The minimum Gasteiger partial charge on any atom is -0.0622 e. The molecule has 0 atom stereocenters. The highest BCUT2D eigenvalue weighted by Crippen LogP contribution is 2.54. The van der Waals surface area contributed by atoms with Crippen molar-refractivity contribution in [1.82, 2.24) is 0 Å². The predicted molar refractivity (Wildman–Crippen MR) is 333 cm³/mol. The van der Waals surface area contributed by atoms with Gasteiger partial charge in [-0.2, -0.15) is 0 Å². The van der Waals surface area contributed by atoms with Crippen LogP contribution in [0.3, 0.4) is 0 Å². The third kappa shape index (κ3) is 8.02. The van der Waals surface area contributed by atoms with Gasteiger partial charge in [-0.25, -0.2) is 0 Å². The molecule has 0 heterocycles. The van der Waals surface area contributed by atoms with Gasteiger partial charge >= 0.3 is 0 Å². The average molecular weight is 977 g/mol. The second-order valence-corrected chi connectivity index (χ2v) is 20.3. The van der Waals surface area contributed by atoms with Crippen molar-refractivity contribution in [2.45, 2.75) is 6.92 Å². The Morgan fingerprint density at radius 2 is 0.442 bits per heavy atom. The van der Waals surface area contributed by atoms with Gasteiger partial charge < -0.3 is 0 Å². The molecule has 360 valence electrons. The van der Waals surface area contributed by atoms with Crippen LogP contribution < -0.4 is 0 Å². The molecule has 0 radical (unpaired) electrons. The number of hydrogen-bond acceptors (Lipinski definition) is 0. The van der Waals surface area contributed by atoms with Crippen LogP contribution in [0, 0.1) is 6.92 Å². The lowest BCUT2D eigenvalue weighted by atomic mass is 9.77. The summed E-state index contributed by atoms with van der Waals surface area (Å²) in [6, 6.07) is 108. The van der Waals surface area contributed by atoms with E-state index in [4.69, 9.17) is 0 Å². The van der Waals surface area contributed by atoms with Crippen LogP contribution in [-0.4, -0.2) is 0 Å². The van der Waals surface area contributed by atoms with Gasteiger partial charge in [-0.1, -0.05) is 291 Å². The molecule has 0 unspecified atom stereocenters. The van der Waals surface area contributed by atoms with Crippen molar-refractivity contribution < 1.29 is 0 Å². The van der Waals surface area contributed by atoms with Crippen molar-refractivity contribution in [2.24, 2.45) is 0 Å². The molecule has 0 aliphatic rings. The van der Waals surface area contributed by atoms with Gasteiger partial charge in [0, 0.05) is 0 Å². The van der Waals surface area contributed by atoms with Gasteiger partial charge in [-0.3, -0.25) is 0 Å². The number of fused-ring (bicyclic) bond motifs is 7. The SMILES string of the molecule is Cc1ccc2c(-c3ccc4ccccc4c3)c3ccccc3c(-c3ccc4ccccc4c3)c2c1.c1ccc(-c2c3ccccc3c(-c3ccccc3)c3c(-c4ccccc4)c4ccccc4c(-c4ccccc4)c23)cc1. The first-order valence-corrected chi connectivity index (χ1v) is 26.7. The van der Waals surface area contributed by atoms with Crippen molar-refractivity contribution >= 4 is 75.4 Å². The van der Waals surface area contributed by atoms with Gasteiger partial charge in [0.05, 0.1) is 0 Å². The van der Waals surface area contributed by atoms with Gasteiger partial charge in [-0.05, 0) is 161 Å². The summed E-state index contributed by atoms with van der Waals surface area (Å²) in [5, 5.41) is 17.9. The Balaban J connectivity index is 0.000000143. The first-order chi connectivity index (χ1) is 38.2. The van der Waals surface area contributed by atoms with E-state index in [0.717, 1.165) is 0 Å². The number of hydrogen-bond donors (Lipinski definition) is 0. The summed E-state index contributed by atoms with van der Waals surface area (Å²) in [6.07, 6.45) is 0. The van der Waals surface area contributed by atoms with E-state index in [2.05, 4.69) is 304 Å². The second kappa shape index (κ2) is 19.4. The van der Waals surface area contributed by atoms with Gasteiger partial charge in [0.1, 0.15) is 0 Å². The number of aryl methyl sites for hydroxylation is 1. The molecule has 15 aromatic rings. The zero-order chi connectivity index (χ0) is 51.2. The Morgan fingerprint density at radius 1 is 0.169 bits per heavy atom. The Labute approximate surface area is 449 Å². The first kappa shape index (κ1) is 45.7. The molecule has 0 saturated heterocycles. The topological polar surface area (TPSA) is 0 Å². The van der Waals surface area contributed by atoms with Crippen LogP contribution in [-0.2, 0) is 0 Å². The normalized spacial score (nSPS) is 11.4. The third-order valence-corrected chi connectivity index (χ3v) is 15.7. The van der Waals surface area contributed by atoms with Crippen LogP contribution in [0.15, 0.2) is 297 Å². The Bertz CT molecular complexity index is 4390. The maximum absolute atomic E-state index is 2.36. The van der Waals surface area contributed by atoms with Crippen molar-refractivity contribution in [3.63, 3.8) is 0 Å². The summed E-state index contributed by atoms with van der Waals surface area (Å²) >= 11 is 0. The molecular weight excluding hydrogens is 925 g/mol. The fourth-order valence-electron chi connectivity index (χ4n) is 12.3. The third-order valence-electron chi connectivity index (χ3n) is 15.7. The van der Waals surface area contributed by atoms with Crippen molar-refractivity contribution in [2.75, 3.05) is 0 Å². The highest BCUT2D eigenvalue weighted by atomic mass is 14.3. The molecular formula is C77H52. The maximum atomic E-state index is 2.36. The van der Waals surface area contributed by atoms with Gasteiger partial charge in [0.15, 0.2) is 0 Å². The molecule has 0 aromatic heterocycles. The van der Waals surface area contributed by atoms with Crippen molar-refractivity contribution in [1.29, 1.82) is 0 Å². The molecule has 0 spiro atoms. The monoisotopic (exact) mass is 976 g/mol. The van der Waals surface area contributed by atoms with E-state index < -0.39 is 0 Å². The van der Waals surface area contributed by atoms with E-state index in [1.54, 1.807) is 0 Å². The fraction of sp³-hybridized carbons (Fsp3) is 0.0130. The Kier molecular flexibility index (Phi) is 11.5. The van der Waals surface area contributed by atoms with Crippen LogP contribution >= 0.6 is 0 Å². The molecule has 15 rings (SSSR count). The number of rotatable bonds is 6. The lowest BCUT2D eigenvalue weighted by molar-refractivity contribution is 1.51. The summed E-state index contributed by atoms with van der Waals surface area (Å²) < 4.78 is 0. The molecule has 0 saturated carbocycles.